The second-order valence-corrected chi connectivity index (χ2v) is 3.60. The fraction of sp³-hybridized carbons (Fsp3) is 0.100. The maximum absolute atomic E-state index is 12.5. The maximum Gasteiger partial charge on any atom is 0.449 e. The zero-order valence-corrected chi connectivity index (χ0v) is 9.44. The normalized spacial score (nSPS) is 12.2. The van der Waals surface area contributed by atoms with E-state index in [2.05, 4.69) is 20.2 Å². The first-order valence-corrected chi connectivity index (χ1v) is 5.06. The van der Waals surface area contributed by atoms with Crippen LogP contribution in [0.25, 0.3) is 11.0 Å². The Morgan fingerprint density at radius 2 is 2.05 bits per heavy atom. The number of para-hydroxylation sites is 1. The average molecular weight is 270 g/mol. The lowest BCUT2D eigenvalue weighted by Crippen LogP contribution is -2.21. The molecule has 2 rings (SSSR count). The number of guanidine groups is 1. The summed E-state index contributed by atoms with van der Waals surface area (Å²) in [7, 11) is 0. The monoisotopic (exact) mass is 270 g/mol. The largest absolute Gasteiger partial charge is 0.449 e. The third-order valence-electron chi connectivity index (χ3n) is 2.18. The van der Waals surface area contributed by atoms with Crippen LogP contribution >= 0.6 is 0 Å². The Kier molecular flexibility index (Phi) is 3.11. The first-order valence-electron chi connectivity index (χ1n) is 5.06. The molecular weight excluding hydrogens is 261 g/mol. The van der Waals surface area contributed by atoms with Gasteiger partial charge in [-0.25, -0.2) is 4.98 Å². The number of fused-ring (bicyclic) bond motifs is 1. The highest BCUT2D eigenvalue weighted by atomic mass is 19.4. The minimum atomic E-state index is -4.53. The lowest BCUT2D eigenvalue weighted by molar-refractivity contribution is -0.144. The van der Waals surface area contributed by atoms with E-state index in [1.54, 1.807) is 12.1 Å². The average Bonchev–Trinajstić information content (AvgIpc) is 2.72. The fourth-order valence-corrected chi connectivity index (χ4v) is 1.45. The first-order chi connectivity index (χ1) is 8.88. The number of rotatable bonds is 2. The van der Waals surface area contributed by atoms with E-state index in [0.29, 0.717) is 5.56 Å². The molecule has 1 aromatic heterocycles. The molecule has 2 aromatic rings. The minimum absolute atomic E-state index is 0.143. The molecule has 0 fully saturated rings. The molecule has 6 nitrogen and oxygen atoms in total. The van der Waals surface area contributed by atoms with E-state index < -0.39 is 12.0 Å². The van der Waals surface area contributed by atoms with Gasteiger partial charge < -0.3 is 16.5 Å². The van der Waals surface area contributed by atoms with Crippen molar-refractivity contribution in [2.45, 2.75) is 6.18 Å². The van der Waals surface area contributed by atoms with Crippen LogP contribution in [0, 0.1) is 0 Å². The number of hydrogen-bond donors (Lipinski definition) is 3. The zero-order valence-electron chi connectivity index (χ0n) is 9.44. The van der Waals surface area contributed by atoms with Gasteiger partial charge in [-0.15, -0.1) is 5.10 Å². The van der Waals surface area contributed by atoms with E-state index in [-0.39, 0.29) is 17.0 Å². The van der Waals surface area contributed by atoms with Gasteiger partial charge in [-0.3, -0.25) is 0 Å². The lowest BCUT2D eigenvalue weighted by Gasteiger charge is -1.99. The Hall–Kier alpha value is -2.58. The van der Waals surface area contributed by atoms with Crippen molar-refractivity contribution in [3.05, 3.63) is 29.6 Å². The molecule has 0 atom stereocenters. The van der Waals surface area contributed by atoms with Crippen molar-refractivity contribution in [2.75, 3.05) is 0 Å². The van der Waals surface area contributed by atoms with Gasteiger partial charge in [-0.1, -0.05) is 12.1 Å². The summed E-state index contributed by atoms with van der Waals surface area (Å²) in [5, 5.41) is 6.90. The number of nitrogens with one attached hydrogen (secondary N) is 1. The zero-order chi connectivity index (χ0) is 14.0. The second-order valence-electron chi connectivity index (χ2n) is 3.60. The van der Waals surface area contributed by atoms with E-state index in [0.717, 1.165) is 0 Å². The molecule has 0 aliphatic heterocycles. The molecule has 5 N–H and O–H groups in total. The van der Waals surface area contributed by atoms with E-state index in [1.807, 2.05) is 0 Å². The molecule has 0 aliphatic carbocycles. The lowest BCUT2D eigenvalue weighted by atomic mass is 10.2. The van der Waals surface area contributed by atoms with Gasteiger partial charge in [0.1, 0.15) is 0 Å². The van der Waals surface area contributed by atoms with Crippen LogP contribution in [0.2, 0.25) is 0 Å². The van der Waals surface area contributed by atoms with Crippen molar-refractivity contribution in [2.24, 2.45) is 21.7 Å². The number of nitrogens with zero attached hydrogens (tertiary/aromatic N) is 3. The Morgan fingerprint density at radius 3 is 2.68 bits per heavy atom. The van der Waals surface area contributed by atoms with Crippen LogP contribution < -0.4 is 11.5 Å². The second kappa shape index (κ2) is 4.59. The van der Waals surface area contributed by atoms with Crippen molar-refractivity contribution in [1.82, 2.24) is 9.97 Å². The van der Waals surface area contributed by atoms with Crippen molar-refractivity contribution in [3.63, 3.8) is 0 Å². The standard InChI is InChI=1S/C10H9F3N6/c11-10(12,13)8-17-6-3-1-2-5(7(6)18-8)4-16-19-9(14)15/h1-4H,(H,17,18)(H4,14,15,19). The first kappa shape index (κ1) is 12.9. The number of aromatic nitrogens is 2. The number of nitrogens with two attached hydrogens (primary N) is 2. The number of aromatic amines is 1. The predicted molar refractivity (Wildman–Crippen MR) is 64.5 cm³/mol. The predicted octanol–water partition coefficient (Wildman–Crippen LogP) is 1.19. The molecule has 0 unspecified atom stereocenters. The number of H-pyrrole nitrogens is 1. The molecule has 0 spiro atoms. The van der Waals surface area contributed by atoms with Gasteiger partial charge in [0.2, 0.25) is 11.8 Å². The Morgan fingerprint density at radius 1 is 1.32 bits per heavy atom. The molecule has 9 heteroatoms. The molecular formula is C10H9F3N6. The summed E-state index contributed by atoms with van der Waals surface area (Å²) >= 11 is 0. The topological polar surface area (TPSA) is 105 Å². The molecule has 0 saturated heterocycles. The van der Waals surface area contributed by atoms with E-state index in [4.69, 9.17) is 11.5 Å². The smallest absolute Gasteiger partial charge is 0.369 e. The summed E-state index contributed by atoms with van der Waals surface area (Å²) in [5.41, 5.74) is 10.9. The van der Waals surface area contributed by atoms with Gasteiger partial charge >= 0.3 is 6.18 Å². The van der Waals surface area contributed by atoms with E-state index in [1.165, 1.54) is 12.3 Å². The summed E-state index contributed by atoms with van der Waals surface area (Å²) in [6.45, 7) is 0. The Balaban J connectivity index is 2.48. The van der Waals surface area contributed by atoms with Crippen LogP contribution in [0.4, 0.5) is 13.2 Å². The molecule has 0 aliphatic rings. The highest BCUT2D eigenvalue weighted by molar-refractivity contribution is 5.96. The van der Waals surface area contributed by atoms with Gasteiger partial charge in [0.05, 0.1) is 17.2 Å². The summed E-state index contributed by atoms with van der Waals surface area (Å²) in [4.78, 5) is 5.69. The molecule has 0 radical (unpaired) electrons. The van der Waals surface area contributed by atoms with Gasteiger partial charge in [0, 0.05) is 5.56 Å². The van der Waals surface area contributed by atoms with Crippen LogP contribution in [0.5, 0.6) is 0 Å². The van der Waals surface area contributed by atoms with Crippen LogP contribution in [-0.2, 0) is 6.18 Å². The Labute approximate surface area is 105 Å². The molecule has 19 heavy (non-hydrogen) atoms. The van der Waals surface area contributed by atoms with Crippen LogP contribution in [-0.4, -0.2) is 22.1 Å². The highest BCUT2D eigenvalue weighted by Gasteiger charge is 2.34. The molecule has 100 valence electrons. The van der Waals surface area contributed by atoms with Crippen LogP contribution in [0.15, 0.2) is 28.4 Å². The van der Waals surface area contributed by atoms with Crippen molar-refractivity contribution in [1.29, 1.82) is 0 Å². The van der Waals surface area contributed by atoms with Crippen molar-refractivity contribution in [3.8, 4) is 0 Å². The van der Waals surface area contributed by atoms with Crippen molar-refractivity contribution >= 4 is 23.2 Å². The number of halogens is 3. The van der Waals surface area contributed by atoms with Crippen LogP contribution in [0.3, 0.4) is 0 Å². The molecule has 0 bridgehead atoms. The van der Waals surface area contributed by atoms with Crippen molar-refractivity contribution < 1.29 is 13.2 Å². The molecule has 0 saturated carbocycles. The number of imidazole rings is 1. The van der Waals surface area contributed by atoms with Crippen LogP contribution in [0.1, 0.15) is 11.4 Å². The van der Waals surface area contributed by atoms with Gasteiger partial charge in [0.15, 0.2) is 0 Å². The van der Waals surface area contributed by atoms with Gasteiger partial charge in [-0.2, -0.15) is 18.3 Å². The van der Waals surface area contributed by atoms with Gasteiger partial charge in [0.25, 0.3) is 0 Å². The Bertz CT molecular complexity index is 651. The summed E-state index contributed by atoms with van der Waals surface area (Å²) in [6.07, 6.45) is -3.31. The summed E-state index contributed by atoms with van der Waals surface area (Å²) < 4.78 is 37.6. The maximum atomic E-state index is 12.5. The minimum Gasteiger partial charge on any atom is -0.369 e. The molecule has 1 aromatic carbocycles. The number of hydrogen-bond acceptors (Lipinski definition) is 3. The number of alkyl halides is 3. The van der Waals surface area contributed by atoms with E-state index >= 15 is 0 Å². The van der Waals surface area contributed by atoms with E-state index in [9.17, 15) is 13.2 Å². The third-order valence-corrected chi connectivity index (χ3v) is 2.18. The molecule has 1 heterocycles. The summed E-state index contributed by atoms with van der Waals surface area (Å²) in [5.74, 6) is -1.31. The number of benzene rings is 1. The highest BCUT2D eigenvalue weighted by Crippen LogP contribution is 2.29. The fourth-order valence-electron chi connectivity index (χ4n) is 1.45. The molecule has 0 amide bonds. The quantitative estimate of drug-likeness (QED) is 0.433. The summed E-state index contributed by atoms with van der Waals surface area (Å²) in [6, 6.07) is 4.60. The third kappa shape index (κ3) is 2.81. The van der Waals surface area contributed by atoms with Gasteiger partial charge in [-0.05, 0) is 6.07 Å². The SMILES string of the molecule is NC(N)=NN=Cc1cccc2[nH]c(C(F)(F)F)nc12.